The van der Waals surface area contributed by atoms with Gasteiger partial charge in [-0.1, -0.05) is 24.3 Å². The molecule has 3 rings (SSSR count). The molecule has 0 amide bonds. The zero-order valence-electron chi connectivity index (χ0n) is 14.8. The predicted molar refractivity (Wildman–Crippen MR) is 110 cm³/mol. The summed E-state index contributed by atoms with van der Waals surface area (Å²) in [6.45, 7) is 6.48. The van der Waals surface area contributed by atoms with Crippen molar-refractivity contribution in [2.24, 2.45) is 10.9 Å². The molecule has 0 saturated heterocycles. The van der Waals surface area contributed by atoms with Crippen LogP contribution in [0.1, 0.15) is 36.8 Å². The van der Waals surface area contributed by atoms with Gasteiger partial charge in [0.15, 0.2) is 5.96 Å². The number of hydrogen-bond donors (Lipinski definition) is 1. The lowest BCUT2D eigenvalue weighted by Gasteiger charge is -2.29. The van der Waals surface area contributed by atoms with Crippen LogP contribution in [0.25, 0.3) is 0 Å². The van der Waals surface area contributed by atoms with E-state index < -0.39 is 0 Å². The highest BCUT2D eigenvalue weighted by molar-refractivity contribution is 14.0. The number of nitrogens with one attached hydrogen (secondary N) is 1. The average molecular weight is 443 g/mol. The van der Waals surface area contributed by atoms with Crippen LogP contribution in [0.15, 0.2) is 29.3 Å². The van der Waals surface area contributed by atoms with Crippen LogP contribution >= 0.6 is 24.0 Å². The molecule has 0 radical (unpaired) electrons. The van der Waals surface area contributed by atoms with Crippen LogP contribution < -0.4 is 5.32 Å². The van der Waals surface area contributed by atoms with E-state index in [4.69, 9.17) is 9.73 Å². The lowest BCUT2D eigenvalue weighted by Crippen LogP contribution is -2.41. The Bertz CT molecular complexity index is 545. The first kappa shape index (κ1) is 19.5. The number of hydrogen-bond acceptors (Lipinski definition) is 2. The van der Waals surface area contributed by atoms with Crippen molar-refractivity contribution in [3.63, 3.8) is 0 Å². The smallest absolute Gasteiger partial charge is 0.193 e. The number of nitrogens with zero attached hydrogens (tertiary/aromatic N) is 2. The standard InChI is InChI=1S/C19H29N3O.HI/c1-3-20-19(22(2)10-11-23-14-15-8-9-15)21-13-17-12-16-6-4-5-7-18(16)17;/h4-7,15,17H,3,8-14H2,1-2H3,(H,20,21);1H. The Morgan fingerprint density at radius 3 is 2.83 bits per heavy atom. The van der Waals surface area contributed by atoms with Crippen LogP contribution in [0.2, 0.25) is 0 Å². The van der Waals surface area contributed by atoms with Crippen molar-refractivity contribution in [2.45, 2.75) is 32.1 Å². The molecule has 1 N–H and O–H groups in total. The van der Waals surface area contributed by atoms with Gasteiger partial charge in [0, 0.05) is 39.2 Å². The van der Waals surface area contributed by atoms with E-state index in [9.17, 15) is 0 Å². The third-order valence-electron chi connectivity index (χ3n) is 4.74. The number of aliphatic imine (C=N–C) groups is 1. The molecule has 4 nitrogen and oxygen atoms in total. The molecule has 2 aliphatic carbocycles. The highest BCUT2D eigenvalue weighted by Crippen LogP contribution is 2.34. The maximum Gasteiger partial charge on any atom is 0.193 e. The van der Waals surface area contributed by atoms with E-state index in [1.165, 1.54) is 24.0 Å². The molecule has 134 valence electrons. The Hall–Kier alpha value is -0.820. The van der Waals surface area contributed by atoms with Gasteiger partial charge in [-0.25, -0.2) is 0 Å². The number of halogens is 1. The molecular formula is C19H30IN3O. The molecule has 1 saturated carbocycles. The normalized spacial score (nSPS) is 19.1. The molecule has 5 heteroatoms. The largest absolute Gasteiger partial charge is 0.379 e. The topological polar surface area (TPSA) is 36.9 Å². The molecule has 1 aromatic carbocycles. The third-order valence-corrected chi connectivity index (χ3v) is 4.74. The molecule has 1 unspecified atom stereocenters. The number of rotatable bonds is 8. The molecule has 0 bridgehead atoms. The first-order valence-electron chi connectivity index (χ1n) is 8.93. The number of benzene rings is 1. The van der Waals surface area contributed by atoms with E-state index in [0.717, 1.165) is 51.1 Å². The van der Waals surface area contributed by atoms with Gasteiger partial charge in [-0.3, -0.25) is 4.99 Å². The molecule has 0 spiro atoms. The lowest BCUT2D eigenvalue weighted by atomic mass is 9.78. The predicted octanol–water partition coefficient (Wildman–Crippen LogP) is 3.27. The van der Waals surface area contributed by atoms with Crippen LogP contribution in [0.5, 0.6) is 0 Å². The van der Waals surface area contributed by atoms with Crippen molar-refractivity contribution >= 4 is 29.9 Å². The van der Waals surface area contributed by atoms with Crippen molar-refractivity contribution in [1.82, 2.24) is 10.2 Å². The van der Waals surface area contributed by atoms with Crippen LogP contribution in [-0.2, 0) is 11.2 Å². The highest BCUT2D eigenvalue weighted by Gasteiger charge is 2.25. The Morgan fingerprint density at radius 1 is 1.33 bits per heavy atom. The summed E-state index contributed by atoms with van der Waals surface area (Å²) in [7, 11) is 2.09. The lowest BCUT2D eigenvalue weighted by molar-refractivity contribution is 0.115. The molecular weight excluding hydrogens is 413 g/mol. The molecule has 24 heavy (non-hydrogen) atoms. The number of ether oxygens (including phenoxy) is 1. The van der Waals surface area contributed by atoms with Gasteiger partial charge in [0.05, 0.1) is 6.61 Å². The molecule has 0 aliphatic heterocycles. The molecule has 1 fully saturated rings. The summed E-state index contributed by atoms with van der Waals surface area (Å²) in [6, 6.07) is 8.71. The Morgan fingerprint density at radius 2 is 2.12 bits per heavy atom. The Labute approximate surface area is 163 Å². The van der Waals surface area contributed by atoms with Crippen molar-refractivity contribution in [3.8, 4) is 0 Å². The number of fused-ring (bicyclic) bond motifs is 1. The maximum absolute atomic E-state index is 5.74. The Balaban J connectivity index is 0.00000208. The zero-order valence-corrected chi connectivity index (χ0v) is 17.2. The minimum atomic E-state index is 0. The van der Waals surface area contributed by atoms with E-state index in [2.05, 4.69) is 48.5 Å². The summed E-state index contributed by atoms with van der Waals surface area (Å²) in [6.07, 6.45) is 3.86. The van der Waals surface area contributed by atoms with E-state index in [-0.39, 0.29) is 24.0 Å². The second kappa shape index (κ2) is 9.61. The molecule has 1 atom stereocenters. The fourth-order valence-electron chi connectivity index (χ4n) is 3.03. The minimum absolute atomic E-state index is 0. The average Bonchev–Trinajstić information content (AvgIpc) is 3.35. The van der Waals surface area contributed by atoms with E-state index in [0.29, 0.717) is 5.92 Å². The van der Waals surface area contributed by atoms with Gasteiger partial charge in [0.2, 0.25) is 0 Å². The summed E-state index contributed by atoms with van der Waals surface area (Å²) >= 11 is 0. The monoisotopic (exact) mass is 443 g/mol. The number of likely N-dealkylation sites (N-methyl/N-ethyl adjacent to an activating group) is 1. The van der Waals surface area contributed by atoms with Crippen LogP contribution in [0, 0.1) is 5.92 Å². The second-order valence-electron chi connectivity index (χ2n) is 6.73. The summed E-state index contributed by atoms with van der Waals surface area (Å²) in [4.78, 5) is 7.02. The summed E-state index contributed by atoms with van der Waals surface area (Å²) in [5.41, 5.74) is 2.96. The fourth-order valence-corrected chi connectivity index (χ4v) is 3.03. The van der Waals surface area contributed by atoms with Gasteiger partial charge in [-0.05, 0) is 43.2 Å². The quantitative estimate of drug-likeness (QED) is 0.290. The molecule has 1 aromatic rings. The summed E-state index contributed by atoms with van der Waals surface area (Å²) in [5, 5.41) is 3.39. The van der Waals surface area contributed by atoms with Crippen LogP contribution in [0.4, 0.5) is 0 Å². The zero-order chi connectivity index (χ0) is 16.1. The van der Waals surface area contributed by atoms with Crippen LogP contribution in [0.3, 0.4) is 0 Å². The third kappa shape index (κ3) is 5.34. The summed E-state index contributed by atoms with van der Waals surface area (Å²) in [5.74, 6) is 2.41. The highest BCUT2D eigenvalue weighted by atomic mass is 127. The van der Waals surface area contributed by atoms with E-state index in [1.807, 2.05) is 0 Å². The van der Waals surface area contributed by atoms with Gasteiger partial charge in [-0.2, -0.15) is 0 Å². The second-order valence-corrected chi connectivity index (χ2v) is 6.73. The summed E-state index contributed by atoms with van der Waals surface area (Å²) < 4.78 is 5.74. The first-order chi connectivity index (χ1) is 11.3. The fraction of sp³-hybridized carbons (Fsp3) is 0.632. The maximum atomic E-state index is 5.74. The van der Waals surface area contributed by atoms with Crippen molar-refractivity contribution in [3.05, 3.63) is 35.4 Å². The number of guanidine groups is 1. The van der Waals surface area contributed by atoms with E-state index >= 15 is 0 Å². The van der Waals surface area contributed by atoms with Gasteiger partial charge in [0.25, 0.3) is 0 Å². The molecule has 2 aliphatic rings. The SMILES string of the molecule is CCNC(=NCC1Cc2ccccc21)N(C)CCOCC1CC1.I. The van der Waals surface area contributed by atoms with Gasteiger partial charge < -0.3 is 15.0 Å². The molecule has 0 heterocycles. The van der Waals surface area contributed by atoms with Gasteiger partial charge in [-0.15, -0.1) is 24.0 Å². The van der Waals surface area contributed by atoms with Crippen molar-refractivity contribution < 1.29 is 4.74 Å². The Kier molecular flexibility index (Phi) is 7.81. The first-order valence-corrected chi connectivity index (χ1v) is 8.93. The molecule has 0 aromatic heterocycles. The van der Waals surface area contributed by atoms with Gasteiger partial charge >= 0.3 is 0 Å². The van der Waals surface area contributed by atoms with Crippen molar-refractivity contribution in [1.29, 1.82) is 0 Å². The van der Waals surface area contributed by atoms with Crippen molar-refractivity contribution in [2.75, 3.05) is 39.9 Å². The van der Waals surface area contributed by atoms with Gasteiger partial charge in [0.1, 0.15) is 0 Å². The van der Waals surface area contributed by atoms with Crippen LogP contribution in [-0.4, -0.2) is 50.8 Å². The minimum Gasteiger partial charge on any atom is -0.379 e. The van der Waals surface area contributed by atoms with E-state index in [1.54, 1.807) is 0 Å².